The molecule has 8 aromatic rings. The Kier molecular flexibility index (Phi) is 12.2. The van der Waals surface area contributed by atoms with E-state index in [1.54, 1.807) is 0 Å². The molecule has 3 heterocycles. The molecule has 3 aliphatic heterocycles. The summed E-state index contributed by atoms with van der Waals surface area (Å²) in [4.78, 5) is 5.25. The molecule has 71 heavy (non-hydrogen) atoms. The summed E-state index contributed by atoms with van der Waals surface area (Å²) in [5.41, 5.74) is 26.0. The van der Waals surface area contributed by atoms with Crippen LogP contribution < -0.4 is 37.7 Å². The molecule has 0 atom stereocenters. The lowest BCUT2D eigenvalue weighted by atomic mass is 9.20. The topological polar surface area (TPSA) is 3.24 Å². The summed E-state index contributed by atoms with van der Waals surface area (Å²) in [6, 6.07) is 64.4. The molecular formula is C67H69B2NS. The van der Waals surface area contributed by atoms with E-state index >= 15 is 0 Å². The molecule has 0 amide bonds. The van der Waals surface area contributed by atoms with Crippen LogP contribution in [0.15, 0.2) is 174 Å². The molecule has 4 heteroatoms. The summed E-state index contributed by atoms with van der Waals surface area (Å²) in [6.45, 7) is 28.8. The second kappa shape index (κ2) is 18.3. The number of hydrogen-bond donors (Lipinski definition) is 0. The van der Waals surface area contributed by atoms with E-state index in [0.717, 1.165) is 0 Å². The van der Waals surface area contributed by atoms with Crippen molar-refractivity contribution < 1.29 is 0 Å². The van der Waals surface area contributed by atoms with Crippen molar-refractivity contribution in [1.29, 1.82) is 0 Å². The van der Waals surface area contributed by atoms with Crippen LogP contribution in [-0.2, 0) is 5.41 Å². The van der Waals surface area contributed by atoms with Crippen molar-refractivity contribution in [3.63, 3.8) is 0 Å². The van der Waals surface area contributed by atoms with Gasteiger partial charge in [-0.25, -0.2) is 0 Å². The summed E-state index contributed by atoms with van der Waals surface area (Å²) in [5, 5.41) is 0. The maximum absolute atomic E-state index is 2.64. The highest BCUT2D eigenvalue weighted by Crippen LogP contribution is 2.62. The number of anilines is 3. The lowest BCUT2D eigenvalue weighted by Crippen LogP contribution is -2.76. The van der Waals surface area contributed by atoms with Gasteiger partial charge in [0.2, 0.25) is 13.4 Å². The zero-order chi connectivity index (χ0) is 49.6. The Morgan fingerprint density at radius 2 is 0.704 bits per heavy atom. The first-order chi connectivity index (χ1) is 34.2. The Morgan fingerprint density at radius 3 is 1.11 bits per heavy atom. The van der Waals surface area contributed by atoms with Crippen molar-refractivity contribution >= 4 is 75.0 Å². The molecule has 0 saturated heterocycles. The van der Waals surface area contributed by atoms with Crippen LogP contribution in [0.5, 0.6) is 0 Å². The van der Waals surface area contributed by atoms with Crippen LogP contribution in [0.25, 0.3) is 0 Å². The first-order valence-corrected chi connectivity index (χ1v) is 27.5. The molecule has 0 aliphatic carbocycles. The number of para-hydroxylation sites is 2. The van der Waals surface area contributed by atoms with Gasteiger partial charge < -0.3 is 4.90 Å². The quantitative estimate of drug-likeness (QED) is 0.133. The Labute approximate surface area is 430 Å². The van der Waals surface area contributed by atoms with Gasteiger partial charge in [-0.05, 0) is 128 Å². The van der Waals surface area contributed by atoms with Crippen LogP contribution in [0.4, 0.5) is 17.1 Å². The smallest absolute Gasteiger partial charge is 0.240 e. The standard InChI is InChI=1S/C67H69B2NS/c1-40(2)46-35-49(42(5)6)65(50(36-46)43(7)8)68-57-27-17-18-28-58(57)69(66-51(44(9)10)37-47(41(3)4)38-52(66)45(11)12)60-39-48(33-34-59(60)68)70-61-29-19-13-23-53(61)67(54-24-14-20-30-62(54)70)55-25-15-21-31-63(55)71-64-32-22-16-26-56(64)67/h13-45H,1-12H3. The van der Waals surface area contributed by atoms with Crippen molar-refractivity contribution in [3.8, 4) is 0 Å². The molecule has 1 nitrogen and oxygen atoms in total. The van der Waals surface area contributed by atoms with Crippen LogP contribution in [0.1, 0.15) is 174 Å². The minimum atomic E-state index is -0.498. The summed E-state index contributed by atoms with van der Waals surface area (Å²) in [6.07, 6.45) is 0. The van der Waals surface area contributed by atoms with E-state index in [9.17, 15) is 0 Å². The van der Waals surface area contributed by atoms with E-state index < -0.39 is 5.41 Å². The van der Waals surface area contributed by atoms with Crippen molar-refractivity contribution in [2.24, 2.45) is 0 Å². The van der Waals surface area contributed by atoms with Crippen LogP contribution in [-0.4, -0.2) is 13.4 Å². The van der Waals surface area contributed by atoms with Gasteiger partial charge in [0, 0.05) is 15.5 Å². The van der Waals surface area contributed by atoms with E-state index in [4.69, 9.17) is 0 Å². The predicted molar refractivity (Wildman–Crippen MR) is 310 cm³/mol. The first kappa shape index (κ1) is 47.4. The number of nitrogens with zero attached hydrogens (tertiary/aromatic N) is 1. The molecule has 354 valence electrons. The van der Waals surface area contributed by atoms with Gasteiger partial charge in [0.1, 0.15) is 0 Å². The number of hydrogen-bond acceptors (Lipinski definition) is 2. The number of rotatable bonds is 9. The van der Waals surface area contributed by atoms with Gasteiger partial charge in [-0.15, -0.1) is 0 Å². The summed E-state index contributed by atoms with van der Waals surface area (Å²) in [7, 11) is 0. The number of benzene rings is 8. The predicted octanol–water partition coefficient (Wildman–Crippen LogP) is 14.4. The monoisotopic (exact) mass is 942 g/mol. The van der Waals surface area contributed by atoms with Crippen LogP contribution in [0.3, 0.4) is 0 Å². The highest BCUT2D eigenvalue weighted by atomic mass is 32.2. The van der Waals surface area contributed by atoms with Crippen LogP contribution in [0.2, 0.25) is 0 Å². The highest BCUT2D eigenvalue weighted by Gasteiger charge is 2.51. The van der Waals surface area contributed by atoms with Gasteiger partial charge >= 0.3 is 0 Å². The molecule has 0 saturated carbocycles. The van der Waals surface area contributed by atoms with Crippen molar-refractivity contribution in [1.82, 2.24) is 0 Å². The van der Waals surface area contributed by atoms with E-state index in [1.807, 2.05) is 11.8 Å². The summed E-state index contributed by atoms with van der Waals surface area (Å²) in [5.74, 6) is 2.29. The fourth-order valence-electron chi connectivity index (χ4n) is 13.0. The fraction of sp³-hybridized carbons (Fsp3) is 0.284. The molecule has 3 aliphatic rings. The van der Waals surface area contributed by atoms with E-state index in [-0.39, 0.29) is 13.4 Å². The Balaban J connectivity index is 1.24. The molecule has 0 unspecified atom stereocenters. The molecular weight excluding hydrogens is 872 g/mol. The second-order valence-electron chi connectivity index (χ2n) is 22.7. The zero-order valence-corrected chi connectivity index (χ0v) is 44.9. The van der Waals surface area contributed by atoms with Crippen molar-refractivity contribution in [3.05, 3.63) is 219 Å². The van der Waals surface area contributed by atoms with Gasteiger partial charge in [0.25, 0.3) is 0 Å². The van der Waals surface area contributed by atoms with Crippen molar-refractivity contribution in [2.75, 3.05) is 4.90 Å². The van der Waals surface area contributed by atoms with E-state index in [1.165, 1.54) is 115 Å². The summed E-state index contributed by atoms with van der Waals surface area (Å²) >= 11 is 1.90. The average Bonchev–Trinajstić information content (AvgIpc) is 3.37. The zero-order valence-electron chi connectivity index (χ0n) is 44.1. The average molecular weight is 942 g/mol. The first-order valence-electron chi connectivity index (χ1n) is 26.7. The van der Waals surface area contributed by atoms with E-state index in [2.05, 4.69) is 252 Å². The third kappa shape index (κ3) is 7.44. The molecule has 0 bridgehead atoms. The Hall–Kier alpha value is -5.96. The van der Waals surface area contributed by atoms with Gasteiger partial charge in [-0.1, -0.05) is 255 Å². The molecule has 11 rings (SSSR count). The minimum Gasteiger partial charge on any atom is -0.310 e. The lowest BCUT2D eigenvalue weighted by Gasteiger charge is -2.49. The molecule has 0 N–H and O–H groups in total. The van der Waals surface area contributed by atoms with E-state index in [0.29, 0.717) is 35.5 Å². The molecule has 0 aromatic heterocycles. The van der Waals surface area contributed by atoms with Gasteiger partial charge in [-0.3, -0.25) is 0 Å². The fourth-order valence-corrected chi connectivity index (χ4v) is 14.2. The highest BCUT2D eigenvalue weighted by molar-refractivity contribution is 7.99. The van der Waals surface area contributed by atoms with Gasteiger partial charge in [0.05, 0.1) is 16.8 Å². The molecule has 0 fully saturated rings. The molecule has 1 spiro atoms. The van der Waals surface area contributed by atoms with Crippen LogP contribution in [0, 0.1) is 0 Å². The SMILES string of the molecule is CC(C)c1cc(C(C)C)c(B2c3ccccc3B(c3c(C(C)C)cc(C(C)C)cc3C(C)C)c3cc(N4c5ccccc5C5(c6ccccc6Sc6ccccc65)c5ccccc54)ccc32)c(C(C)C)c1. The number of fused-ring (bicyclic) bond motifs is 10. The third-order valence-electron chi connectivity index (χ3n) is 16.4. The maximum Gasteiger partial charge on any atom is 0.240 e. The van der Waals surface area contributed by atoms with Crippen LogP contribution >= 0.6 is 11.8 Å². The normalized spacial score (nSPS) is 14.4. The third-order valence-corrected chi connectivity index (χ3v) is 17.6. The molecule has 8 aromatic carbocycles. The lowest BCUT2D eigenvalue weighted by molar-refractivity contribution is 0.692. The minimum absolute atomic E-state index is 0.0316. The molecule has 0 radical (unpaired) electrons. The second-order valence-corrected chi connectivity index (χ2v) is 23.8. The van der Waals surface area contributed by atoms with Crippen molar-refractivity contribution in [2.45, 2.75) is 134 Å². The Bertz CT molecular complexity index is 3200. The van der Waals surface area contributed by atoms with Gasteiger partial charge in [-0.2, -0.15) is 0 Å². The Morgan fingerprint density at radius 1 is 0.352 bits per heavy atom. The van der Waals surface area contributed by atoms with Gasteiger partial charge in [0.15, 0.2) is 0 Å². The summed E-state index contributed by atoms with van der Waals surface area (Å²) < 4.78 is 0. The largest absolute Gasteiger partial charge is 0.310 e. The maximum atomic E-state index is 2.64.